The van der Waals surface area contributed by atoms with Crippen LogP contribution in [0.2, 0.25) is 0 Å². The van der Waals surface area contributed by atoms with Crippen molar-refractivity contribution in [3.63, 3.8) is 0 Å². The van der Waals surface area contributed by atoms with Crippen molar-refractivity contribution in [3.8, 4) is 0 Å². The second-order valence-electron chi connectivity index (χ2n) is 2.93. The first-order valence-electron chi connectivity index (χ1n) is 4.16. The molecule has 76 valence electrons. The van der Waals surface area contributed by atoms with Gasteiger partial charge in [0, 0.05) is 10.6 Å². The number of hydrogen-bond acceptors (Lipinski definition) is 2. The number of benzene rings is 1. The molecule has 1 aromatic carbocycles. The van der Waals surface area contributed by atoms with E-state index >= 15 is 0 Å². The first kappa shape index (κ1) is 11.0. The Labute approximate surface area is 86.1 Å². The average molecular weight is 214 g/mol. The average Bonchev–Trinajstić information content (AvgIpc) is 2.16. The van der Waals surface area contributed by atoms with Crippen LogP contribution in [0.4, 0.5) is 4.39 Å². The number of carbonyl (C=O) groups is 1. The smallest absolute Gasteiger partial charge is 0.339 e. The van der Waals surface area contributed by atoms with Gasteiger partial charge in [-0.05, 0) is 19.1 Å². The van der Waals surface area contributed by atoms with Gasteiger partial charge in [0.1, 0.15) is 0 Å². The van der Waals surface area contributed by atoms with E-state index in [4.69, 9.17) is 5.11 Å². The van der Waals surface area contributed by atoms with Crippen LogP contribution in [0.1, 0.15) is 5.56 Å². The van der Waals surface area contributed by atoms with Crippen LogP contribution in [-0.2, 0) is 4.79 Å². The van der Waals surface area contributed by atoms with E-state index in [9.17, 15) is 9.18 Å². The van der Waals surface area contributed by atoms with Crippen LogP contribution in [0.25, 0.3) is 0 Å². The summed E-state index contributed by atoms with van der Waals surface area (Å²) in [6.45, 7) is 1.96. The summed E-state index contributed by atoms with van der Waals surface area (Å²) in [4.78, 5) is 11.1. The van der Waals surface area contributed by atoms with Crippen molar-refractivity contribution < 1.29 is 14.3 Å². The molecule has 4 heteroatoms. The zero-order chi connectivity index (χ0) is 10.6. The Morgan fingerprint density at radius 3 is 2.57 bits per heavy atom. The number of carboxylic acid groups (broad SMARTS) is 1. The zero-order valence-corrected chi connectivity index (χ0v) is 8.55. The van der Waals surface area contributed by atoms with Crippen LogP contribution in [-0.4, -0.2) is 23.0 Å². The minimum atomic E-state index is -1.79. The molecule has 0 heterocycles. The van der Waals surface area contributed by atoms with Crippen molar-refractivity contribution in [2.75, 3.05) is 5.75 Å². The molecule has 0 saturated heterocycles. The summed E-state index contributed by atoms with van der Waals surface area (Å²) in [5.74, 6) is -1.44. The van der Waals surface area contributed by atoms with E-state index in [1.165, 1.54) is 11.8 Å². The number of halogens is 1. The van der Waals surface area contributed by atoms with Crippen LogP contribution in [0, 0.1) is 6.92 Å². The summed E-state index contributed by atoms with van der Waals surface area (Å²) < 4.78 is 12.7. The lowest BCUT2D eigenvalue weighted by Crippen LogP contribution is -2.16. The molecule has 1 N–H and O–H groups in total. The maximum atomic E-state index is 12.7. The Hall–Kier alpha value is -1.03. The Morgan fingerprint density at radius 1 is 1.50 bits per heavy atom. The Balaban J connectivity index is 2.46. The fourth-order valence-corrected chi connectivity index (χ4v) is 1.69. The summed E-state index contributed by atoms with van der Waals surface area (Å²) in [5, 5.41) is 8.32. The summed E-state index contributed by atoms with van der Waals surface area (Å²) in [6, 6.07) is 7.54. The Bertz CT molecular complexity index is 310. The van der Waals surface area contributed by atoms with Gasteiger partial charge < -0.3 is 5.11 Å². The molecule has 1 unspecified atom stereocenters. The van der Waals surface area contributed by atoms with Crippen LogP contribution < -0.4 is 0 Å². The highest BCUT2D eigenvalue weighted by Gasteiger charge is 2.15. The van der Waals surface area contributed by atoms with Gasteiger partial charge in [-0.25, -0.2) is 9.18 Å². The third kappa shape index (κ3) is 3.38. The standard InChI is InChI=1S/C10H11FO2S/c1-7-2-4-8(5-3-7)14-6-9(11)10(12)13/h2-5,9H,6H2,1H3,(H,12,13). The minimum Gasteiger partial charge on any atom is -0.479 e. The lowest BCUT2D eigenvalue weighted by Gasteiger charge is -2.03. The first-order valence-corrected chi connectivity index (χ1v) is 5.14. The van der Waals surface area contributed by atoms with Crippen molar-refractivity contribution >= 4 is 17.7 Å². The lowest BCUT2D eigenvalue weighted by atomic mass is 10.2. The molecule has 2 nitrogen and oxygen atoms in total. The van der Waals surface area contributed by atoms with Gasteiger partial charge in [-0.2, -0.15) is 0 Å². The number of hydrogen-bond donors (Lipinski definition) is 1. The van der Waals surface area contributed by atoms with Gasteiger partial charge in [-0.3, -0.25) is 0 Å². The molecular weight excluding hydrogens is 203 g/mol. The topological polar surface area (TPSA) is 37.3 Å². The van der Waals surface area contributed by atoms with E-state index in [2.05, 4.69) is 0 Å². The van der Waals surface area contributed by atoms with Gasteiger partial charge in [-0.15, -0.1) is 11.8 Å². The SMILES string of the molecule is Cc1ccc(SCC(F)C(=O)O)cc1. The molecule has 14 heavy (non-hydrogen) atoms. The number of aliphatic carboxylic acids is 1. The number of carboxylic acids is 1. The number of aryl methyl sites for hydroxylation is 1. The van der Waals surface area contributed by atoms with Crippen LogP contribution in [0.15, 0.2) is 29.2 Å². The molecule has 1 rings (SSSR count). The number of alkyl halides is 1. The van der Waals surface area contributed by atoms with Crippen molar-refractivity contribution in [2.24, 2.45) is 0 Å². The van der Waals surface area contributed by atoms with Crippen LogP contribution in [0.5, 0.6) is 0 Å². The molecule has 0 aliphatic heterocycles. The van der Waals surface area contributed by atoms with E-state index in [0.717, 1.165) is 10.5 Å². The van der Waals surface area contributed by atoms with Crippen molar-refractivity contribution in [2.45, 2.75) is 18.0 Å². The fourth-order valence-electron chi connectivity index (χ4n) is 0.875. The van der Waals surface area contributed by atoms with E-state index in [0.29, 0.717) is 0 Å². The van der Waals surface area contributed by atoms with Gasteiger partial charge in [-0.1, -0.05) is 17.7 Å². The molecule has 0 fully saturated rings. The Kier molecular flexibility index (Phi) is 3.95. The van der Waals surface area contributed by atoms with Crippen molar-refractivity contribution in [3.05, 3.63) is 29.8 Å². The molecule has 0 saturated carbocycles. The minimum absolute atomic E-state index is 0.0433. The highest BCUT2D eigenvalue weighted by Crippen LogP contribution is 2.19. The maximum Gasteiger partial charge on any atom is 0.339 e. The lowest BCUT2D eigenvalue weighted by molar-refractivity contribution is -0.141. The molecular formula is C10H11FO2S. The molecule has 0 spiro atoms. The van der Waals surface area contributed by atoms with Gasteiger partial charge in [0.15, 0.2) is 0 Å². The van der Waals surface area contributed by atoms with Gasteiger partial charge in [0.25, 0.3) is 0 Å². The van der Waals surface area contributed by atoms with Crippen molar-refractivity contribution in [1.82, 2.24) is 0 Å². The van der Waals surface area contributed by atoms with Crippen LogP contribution >= 0.6 is 11.8 Å². The first-order chi connectivity index (χ1) is 6.59. The van der Waals surface area contributed by atoms with Gasteiger partial charge in [0.2, 0.25) is 6.17 Å². The van der Waals surface area contributed by atoms with E-state index in [-0.39, 0.29) is 5.75 Å². The maximum absolute atomic E-state index is 12.7. The molecule has 0 aromatic heterocycles. The monoisotopic (exact) mass is 214 g/mol. The molecule has 0 radical (unpaired) electrons. The highest BCUT2D eigenvalue weighted by molar-refractivity contribution is 7.99. The second-order valence-corrected chi connectivity index (χ2v) is 4.02. The predicted octanol–water partition coefficient (Wildman–Crippen LogP) is 2.51. The van der Waals surface area contributed by atoms with E-state index in [1.54, 1.807) is 0 Å². The zero-order valence-electron chi connectivity index (χ0n) is 7.74. The predicted molar refractivity (Wildman–Crippen MR) is 54.4 cm³/mol. The highest BCUT2D eigenvalue weighted by atomic mass is 32.2. The summed E-state index contributed by atoms with van der Waals surface area (Å²) >= 11 is 1.21. The molecule has 0 bridgehead atoms. The van der Waals surface area contributed by atoms with E-state index in [1.807, 2.05) is 31.2 Å². The summed E-state index contributed by atoms with van der Waals surface area (Å²) in [5.41, 5.74) is 1.13. The molecule has 1 atom stereocenters. The largest absolute Gasteiger partial charge is 0.479 e. The number of rotatable bonds is 4. The number of thioether (sulfide) groups is 1. The Morgan fingerprint density at radius 2 is 2.07 bits per heavy atom. The van der Waals surface area contributed by atoms with Gasteiger partial charge >= 0.3 is 5.97 Å². The van der Waals surface area contributed by atoms with Crippen LogP contribution in [0.3, 0.4) is 0 Å². The molecule has 1 aromatic rings. The second kappa shape index (κ2) is 5.00. The quantitative estimate of drug-likeness (QED) is 0.782. The van der Waals surface area contributed by atoms with Gasteiger partial charge in [0.05, 0.1) is 0 Å². The third-order valence-electron chi connectivity index (χ3n) is 1.69. The van der Waals surface area contributed by atoms with E-state index < -0.39 is 12.1 Å². The summed E-state index contributed by atoms with van der Waals surface area (Å²) in [7, 11) is 0. The fraction of sp³-hybridized carbons (Fsp3) is 0.300. The molecule has 0 aliphatic carbocycles. The third-order valence-corrected chi connectivity index (χ3v) is 2.75. The molecule has 0 amide bonds. The summed E-state index contributed by atoms with van der Waals surface area (Å²) in [6.07, 6.45) is -1.79. The van der Waals surface area contributed by atoms with Crippen molar-refractivity contribution in [1.29, 1.82) is 0 Å². The molecule has 0 aliphatic rings. The normalized spacial score (nSPS) is 12.4.